The maximum absolute atomic E-state index is 13.6. The van der Waals surface area contributed by atoms with Crippen LogP contribution in [-0.4, -0.2) is 31.4 Å². The van der Waals surface area contributed by atoms with E-state index in [1.165, 1.54) is 43.3 Å². The van der Waals surface area contributed by atoms with E-state index in [2.05, 4.69) is 10.0 Å². The van der Waals surface area contributed by atoms with Gasteiger partial charge in [-0.15, -0.1) is 0 Å². The first kappa shape index (κ1) is 19.5. The molecule has 7 nitrogen and oxygen atoms in total. The standard InChI is InChI=1S/C17H17FN2O5S/c1-11(20-26(24,25)15-5-3-2-4-14(15)18)16(21)19-10-12-6-8-13(9-7-12)17(22)23/h2-9,11,20H,10H2,1H3,(H,19,21)(H,22,23)/t11-/m0/s1. The van der Waals surface area contributed by atoms with Gasteiger partial charge in [-0.1, -0.05) is 24.3 Å². The minimum atomic E-state index is -4.18. The first-order valence-electron chi connectivity index (χ1n) is 7.57. The van der Waals surface area contributed by atoms with E-state index in [-0.39, 0.29) is 12.1 Å². The summed E-state index contributed by atoms with van der Waals surface area (Å²) in [5.74, 6) is -2.57. The van der Waals surface area contributed by atoms with Crippen molar-refractivity contribution in [2.24, 2.45) is 0 Å². The molecular formula is C17H17FN2O5S. The normalized spacial score (nSPS) is 12.4. The fourth-order valence-corrected chi connectivity index (χ4v) is 3.40. The molecule has 2 aromatic rings. The number of nitrogens with one attached hydrogen (secondary N) is 2. The van der Waals surface area contributed by atoms with Gasteiger partial charge < -0.3 is 10.4 Å². The number of carbonyl (C=O) groups excluding carboxylic acids is 1. The Bertz CT molecular complexity index is 913. The first-order valence-corrected chi connectivity index (χ1v) is 9.06. The molecule has 2 rings (SSSR count). The van der Waals surface area contributed by atoms with Gasteiger partial charge in [0.1, 0.15) is 10.7 Å². The molecule has 0 aliphatic rings. The van der Waals surface area contributed by atoms with Gasteiger partial charge in [0.25, 0.3) is 0 Å². The quantitative estimate of drug-likeness (QED) is 0.674. The van der Waals surface area contributed by atoms with E-state index in [4.69, 9.17) is 5.11 Å². The number of carboxylic acid groups (broad SMARTS) is 1. The highest BCUT2D eigenvalue weighted by atomic mass is 32.2. The molecule has 0 saturated heterocycles. The Labute approximate surface area is 149 Å². The maximum Gasteiger partial charge on any atom is 0.335 e. The van der Waals surface area contributed by atoms with Crippen molar-refractivity contribution in [1.29, 1.82) is 0 Å². The van der Waals surface area contributed by atoms with E-state index in [0.717, 1.165) is 12.1 Å². The molecule has 0 spiro atoms. The largest absolute Gasteiger partial charge is 0.478 e. The van der Waals surface area contributed by atoms with Gasteiger partial charge in [0.05, 0.1) is 11.6 Å². The number of carbonyl (C=O) groups is 2. The van der Waals surface area contributed by atoms with Crippen molar-refractivity contribution in [3.8, 4) is 0 Å². The highest BCUT2D eigenvalue weighted by Gasteiger charge is 2.24. The van der Waals surface area contributed by atoms with Crippen molar-refractivity contribution in [3.05, 3.63) is 65.5 Å². The zero-order valence-electron chi connectivity index (χ0n) is 13.8. The molecule has 0 bridgehead atoms. The van der Waals surface area contributed by atoms with E-state index in [9.17, 15) is 22.4 Å². The second kappa shape index (κ2) is 8.07. The third-order valence-electron chi connectivity index (χ3n) is 3.52. The van der Waals surface area contributed by atoms with Crippen LogP contribution in [0.3, 0.4) is 0 Å². The van der Waals surface area contributed by atoms with Crippen LogP contribution < -0.4 is 10.0 Å². The number of rotatable bonds is 7. The third-order valence-corrected chi connectivity index (χ3v) is 5.09. The van der Waals surface area contributed by atoms with E-state index >= 15 is 0 Å². The van der Waals surface area contributed by atoms with Crippen LogP contribution in [0.25, 0.3) is 0 Å². The van der Waals surface area contributed by atoms with Gasteiger partial charge in [-0.25, -0.2) is 17.6 Å². The lowest BCUT2D eigenvalue weighted by Gasteiger charge is -2.15. The molecule has 1 atom stereocenters. The molecule has 0 unspecified atom stereocenters. The van der Waals surface area contributed by atoms with Gasteiger partial charge in [0.15, 0.2) is 0 Å². The van der Waals surface area contributed by atoms with Crippen LogP contribution in [-0.2, 0) is 21.4 Å². The average Bonchev–Trinajstić information content (AvgIpc) is 2.59. The summed E-state index contributed by atoms with van der Waals surface area (Å²) < 4.78 is 40.1. The maximum atomic E-state index is 13.6. The molecule has 0 heterocycles. The number of halogens is 1. The van der Waals surface area contributed by atoms with Gasteiger partial charge in [0, 0.05) is 6.54 Å². The molecule has 0 aliphatic carbocycles. The summed E-state index contributed by atoms with van der Waals surface area (Å²) in [7, 11) is -4.18. The Morgan fingerprint density at radius 2 is 1.73 bits per heavy atom. The Hall–Kier alpha value is -2.78. The van der Waals surface area contributed by atoms with Gasteiger partial charge in [-0.2, -0.15) is 4.72 Å². The van der Waals surface area contributed by atoms with Crippen molar-refractivity contribution in [2.45, 2.75) is 24.4 Å². The molecule has 138 valence electrons. The molecule has 0 radical (unpaired) electrons. The lowest BCUT2D eigenvalue weighted by atomic mass is 10.1. The average molecular weight is 380 g/mol. The number of hydrogen-bond acceptors (Lipinski definition) is 4. The number of sulfonamides is 1. The first-order chi connectivity index (χ1) is 12.2. The Morgan fingerprint density at radius 1 is 1.12 bits per heavy atom. The lowest BCUT2D eigenvalue weighted by Crippen LogP contribution is -2.44. The second-order valence-corrected chi connectivity index (χ2v) is 7.18. The molecule has 0 saturated carbocycles. The van der Waals surface area contributed by atoms with Crippen LogP contribution in [0.4, 0.5) is 4.39 Å². The van der Waals surface area contributed by atoms with Crippen LogP contribution in [0.15, 0.2) is 53.4 Å². The Kier molecular flexibility index (Phi) is 6.06. The minimum Gasteiger partial charge on any atom is -0.478 e. The highest BCUT2D eigenvalue weighted by molar-refractivity contribution is 7.89. The predicted octanol–water partition coefficient (Wildman–Crippen LogP) is 1.51. The van der Waals surface area contributed by atoms with Crippen molar-refractivity contribution in [2.75, 3.05) is 0 Å². The number of hydrogen-bond donors (Lipinski definition) is 3. The molecular weight excluding hydrogens is 363 g/mol. The monoisotopic (exact) mass is 380 g/mol. The molecule has 0 fully saturated rings. The van der Waals surface area contributed by atoms with Crippen LogP contribution >= 0.6 is 0 Å². The van der Waals surface area contributed by atoms with Crippen LogP contribution in [0.2, 0.25) is 0 Å². The van der Waals surface area contributed by atoms with Gasteiger partial charge in [0.2, 0.25) is 15.9 Å². The highest BCUT2D eigenvalue weighted by Crippen LogP contribution is 2.13. The van der Waals surface area contributed by atoms with Crippen LogP contribution in [0, 0.1) is 5.82 Å². The molecule has 9 heteroatoms. The number of benzene rings is 2. The molecule has 2 aromatic carbocycles. The Balaban J connectivity index is 1.97. The molecule has 0 aliphatic heterocycles. The van der Waals surface area contributed by atoms with Gasteiger partial charge in [-0.05, 0) is 36.8 Å². The molecule has 0 aromatic heterocycles. The zero-order valence-corrected chi connectivity index (χ0v) is 14.6. The van der Waals surface area contributed by atoms with Crippen molar-refractivity contribution < 1.29 is 27.5 Å². The summed E-state index contributed by atoms with van der Waals surface area (Å²) in [5, 5.41) is 11.4. The molecule has 3 N–H and O–H groups in total. The fraction of sp³-hybridized carbons (Fsp3) is 0.176. The summed E-state index contributed by atoms with van der Waals surface area (Å²) in [4.78, 5) is 22.3. The second-order valence-electron chi connectivity index (χ2n) is 5.49. The van der Waals surface area contributed by atoms with Gasteiger partial charge in [-0.3, -0.25) is 4.79 Å². The third kappa shape index (κ3) is 4.87. The van der Waals surface area contributed by atoms with Crippen molar-refractivity contribution >= 4 is 21.9 Å². The van der Waals surface area contributed by atoms with E-state index < -0.39 is 38.7 Å². The van der Waals surface area contributed by atoms with E-state index in [1.807, 2.05) is 0 Å². The summed E-state index contributed by atoms with van der Waals surface area (Å²) in [6.07, 6.45) is 0. The molecule has 26 heavy (non-hydrogen) atoms. The number of amides is 1. The lowest BCUT2D eigenvalue weighted by molar-refractivity contribution is -0.122. The topological polar surface area (TPSA) is 113 Å². The van der Waals surface area contributed by atoms with Crippen molar-refractivity contribution in [1.82, 2.24) is 10.0 Å². The molecule has 1 amide bonds. The van der Waals surface area contributed by atoms with Crippen LogP contribution in [0.5, 0.6) is 0 Å². The summed E-state index contributed by atoms with van der Waals surface area (Å²) in [6.45, 7) is 1.42. The van der Waals surface area contributed by atoms with Crippen molar-refractivity contribution in [3.63, 3.8) is 0 Å². The van der Waals surface area contributed by atoms with E-state index in [1.54, 1.807) is 0 Å². The summed E-state index contributed by atoms with van der Waals surface area (Å²) in [5.41, 5.74) is 0.763. The van der Waals surface area contributed by atoms with Gasteiger partial charge >= 0.3 is 5.97 Å². The number of aromatic carboxylic acids is 1. The summed E-state index contributed by atoms with van der Waals surface area (Å²) in [6, 6.07) is 9.60. The predicted molar refractivity (Wildman–Crippen MR) is 91.4 cm³/mol. The smallest absolute Gasteiger partial charge is 0.335 e. The fourth-order valence-electron chi connectivity index (χ4n) is 2.12. The Morgan fingerprint density at radius 3 is 2.31 bits per heavy atom. The summed E-state index contributed by atoms with van der Waals surface area (Å²) >= 11 is 0. The van der Waals surface area contributed by atoms with E-state index in [0.29, 0.717) is 5.56 Å². The zero-order chi connectivity index (χ0) is 19.3. The van der Waals surface area contributed by atoms with Crippen LogP contribution in [0.1, 0.15) is 22.8 Å². The minimum absolute atomic E-state index is 0.0878. The SMILES string of the molecule is C[C@H](NS(=O)(=O)c1ccccc1F)C(=O)NCc1ccc(C(=O)O)cc1. The number of carboxylic acids is 1.